The van der Waals surface area contributed by atoms with Crippen LogP contribution in [0, 0.1) is 0 Å². The van der Waals surface area contributed by atoms with Gasteiger partial charge >= 0.3 is 6.03 Å². The molecule has 8 nitrogen and oxygen atoms in total. The summed E-state index contributed by atoms with van der Waals surface area (Å²) in [4.78, 5) is 42.8. The first-order valence-electron chi connectivity index (χ1n) is 8.01. The van der Waals surface area contributed by atoms with E-state index >= 15 is 0 Å². The van der Waals surface area contributed by atoms with E-state index in [4.69, 9.17) is 4.74 Å². The average molecular weight is 332 g/mol. The lowest BCUT2D eigenvalue weighted by Gasteiger charge is -2.26. The number of hydrogen-bond donors (Lipinski definition) is 1. The maximum atomic E-state index is 12.7. The normalized spacial score (nSPS) is 20.3. The molecule has 2 saturated heterocycles. The Bertz CT molecular complexity index is 600. The van der Waals surface area contributed by atoms with Crippen LogP contribution < -0.4 is 5.32 Å². The largest absolute Gasteiger partial charge is 0.376 e. The first kappa shape index (κ1) is 16.4. The minimum atomic E-state index is -0.525. The zero-order valence-electron chi connectivity index (χ0n) is 13.3. The molecular weight excluding hydrogens is 312 g/mol. The number of nitrogens with zero attached hydrogens (tertiary/aromatic N) is 3. The smallest absolute Gasteiger partial charge is 0.325 e. The Labute approximate surface area is 139 Å². The quantitative estimate of drug-likeness (QED) is 0.748. The first-order valence-corrected chi connectivity index (χ1v) is 8.01. The predicted molar refractivity (Wildman–Crippen MR) is 83.7 cm³/mol. The SMILES string of the molecule is O=C(CN1C(=O)CNC1=O)N(Cc1ccccn1)CC1CCCO1. The molecule has 4 amide bonds. The van der Waals surface area contributed by atoms with Gasteiger partial charge < -0.3 is 15.0 Å². The van der Waals surface area contributed by atoms with Crippen LogP contribution in [0.1, 0.15) is 18.5 Å². The lowest BCUT2D eigenvalue weighted by atomic mass is 10.2. The fourth-order valence-electron chi connectivity index (χ4n) is 2.83. The summed E-state index contributed by atoms with van der Waals surface area (Å²) in [5, 5.41) is 2.42. The van der Waals surface area contributed by atoms with Crippen LogP contribution in [0.5, 0.6) is 0 Å². The Balaban J connectivity index is 1.68. The molecule has 2 fully saturated rings. The van der Waals surface area contributed by atoms with E-state index in [1.54, 1.807) is 11.1 Å². The predicted octanol–water partition coefficient (Wildman–Crippen LogP) is 0.141. The van der Waals surface area contributed by atoms with Gasteiger partial charge in [-0.05, 0) is 25.0 Å². The number of carbonyl (C=O) groups excluding carboxylic acids is 3. The number of rotatable bonds is 6. The monoisotopic (exact) mass is 332 g/mol. The topological polar surface area (TPSA) is 91.8 Å². The standard InChI is InChI=1S/C16H20N4O4/c21-14-8-18-16(23)20(14)11-15(22)19(10-13-5-3-7-24-13)9-12-4-1-2-6-17-12/h1-2,4,6,13H,3,5,7-11H2,(H,18,23). The highest BCUT2D eigenvalue weighted by molar-refractivity contribution is 6.04. The second-order valence-corrected chi connectivity index (χ2v) is 5.87. The van der Waals surface area contributed by atoms with Crippen molar-refractivity contribution in [1.29, 1.82) is 0 Å². The summed E-state index contributed by atoms with van der Waals surface area (Å²) in [7, 11) is 0. The summed E-state index contributed by atoms with van der Waals surface area (Å²) < 4.78 is 5.61. The van der Waals surface area contributed by atoms with Crippen LogP contribution in [0.2, 0.25) is 0 Å². The summed E-state index contributed by atoms with van der Waals surface area (Å²) in [5.41, 5.74) is 0.751. The molecule has 8 heteroatoms. The lowest BCUT2D eigenvalue weighted by molar-refractivity contribution is -0.138. The molecule has 1 N–H and O–H groups in total. The molecule has 1 aromatic heterocycles. The molecule has 24 heavy (non-hydrogen) atoms. The fraction of sp³-hybridized carbons (Fsp3) is 0.500. The van der Waals surface area contributed by atoms with Crippen LogP contribution in [-0.2, 0) is 20.9 Å². The Morgan fingerprint density at radius 1 is 1.42 bits per heavy atom. The van der Waals surface area contributed by atoms with Crippen molar-refractivity contribution in [2.75, 3.05) is 26.2 Å². The van der Waals surface area contributed by atoms with Crippen LogP contribution in [0.25, 0.3) is 0 Å². The van der Waals surface area contributed by atoms with Crippen molar-refractivity contribution in [3.63, 3.8) is 0 Å². The molecule has 2 aliphatic rings. The maximum Gasteiger partial charge on any atom is 0.325 e. The Morgan fingerprint density at radius 3 is 2.92 bits per heavy atom. The van der Waals surface area contributed by atoms with Crippen molar-refractivity contribution >= 4 is 17.8 Å². The molecular formula is C16H20N4O4. The van der Waals surface area contributed by atoms with Crippen LogP contribution in [-0.4, -0.2) is 65.0 Å². The number of amides is 4. The second-order valence-electron chi connectivity index (χ2n) is 5.87. The zero-order valence-corrected chi connectivity index (χ0v) is 13.3. The summed E-state index contributed by atoms with van der Waals surface area (Å²) in [6.07, 6.45) is 3.53. The van der Waals surface area contributed by atoms with Crippen molar-refractivity contribution < 1.29 is 19.1 Å². The van der Waals surface area contributed by atoms with E-state index in [0.717, 1.165) is 23.4 Å². The van der Waals surface area contributed by atoms with Crippen LogP contribution >= 0.6 is 0 Å². The van der Waals surface area contributed by atoms with Gasteiger partial charge in [-0.15, -0.1) is 0 Å². The molecule has 0 spiro atoms. The van der Waals surface area contributed by atoms with Crippen molar-refractivity contribution in [3.05, 3.63) is 30.1 Å². The lowest BCUT2D eigenvalue weighted by Crippen LogP contribution is -2.45. The summed E-state index contributed by atoms with van der Waals surface area (Å²) >= 11 is 0. The van der Waals surface area contributed by atoms with Gasteiger partial charge in [-0.2, -0.15) is 0 Å². The van der Waals surface area contributed by atoms with E-state index in [9.17, 15) is 14.4 Å². The van der Waals surface area contributed by atoms with Crippen LogP contribution in [0.4, 0.5) is 4.79 Å². The van der Waals surface area contributed by atoms with Crippen molar-refractivity contribution in [3.8, 4) is 0 Å². The van der Waals surface area contributed by atoms with Gasteiger partial charge in [0.25, 0.3) is 5.91 Å². The molecule has 3 heterocycles. The zero-order chi connectivity index (χ0) is 16.9. The average Bonchev–Trinajstić information content (AvgIpc) is 3.20. The third-order valence-corrected chi connectivity index (χ3v) is 4.11. The molecule has 0 aliphatic carbocycles. The van der Waals surface area contributed by atoms with E-state index in [-0.39, 0.29) is 31.0 Å². The van der Waals surface area contributed by atoms with Gasteiger partial charge in [-0.25, -0.2) is 4.79 Å². The van der Waals surface area contributed by atoms with Gasteiger partial charge in [-0.3, -0.25) is 19.5 Å². The number of hydrogen-bond acceptors (Lipinski definition) is 5. The highest BCUT2D eigenvalue weighted by Gasteiger charge is 2.32. The van der Waals surface area contributed by atoms with Gasteiger partial charge in [0.2, 0.25) is 5.91 Å². The Hall–Kier alpha value is -2.48. The van der Waals surface area contributed by atoms with Crippen LogP contribution in [0.15, 0.2) is 24.4 Å². The van der Waals surface area contributed by atoms with Crippen molar-refractivity contribution in [1.82, 2.24) is 20.1 Å². The van der Waals surface area contributed by atoms with E-state index in [1.165, 1.54) is 0 Å². The van der Waals surface area contributed by atoms with Gasteiger partial charge in [-0.1, -0.05) is 6.07 Å². The minimum absolute atomic E-state index is 0.0132. The number of imide groups is 1. The highest BCUT2D eigenvalue weighted by atomic mass is 16.5. The van der Waals surface area contributed by atoms with Crippen LogP contribution in [0.3, 0.4) is 0 Å². The number of carbonyl (C=O) groups is 3. The second kappa shape index (κ2) is 7.39. The molecule has 2 aliphatic heterocycles. The molecule has 0 radical (unpaired) electrons. The Kier molecular flexibility index (Phi) is 5.05. The maximum absolute atomic E-state index is 12.7. The number of nitrogens with one attached hydrogen (secondary N) is 1. The van der Waals surface area contributed by atoms with Crippen molar-refractivity contribution in [2.45, 2.75) is 25.5 Å². The van der Waals surface area contributed by atoms with E-state index < -0.39 is 6.03 Å². The molecule has 0 aromatic carbocycles. The molecule has 1 unspecified atom stereocenters. The minimum Gasteiger partial charge on any atom is -0.376 e. The van der Waals surface area contributed by atoms with Crippen molar-refractivity contribution in [2.24, 2.45) is 0 Å². The third-order valence-electron chi connectivity index (χ3n) is 4.11. The van der Waals surface area contributed by atoms with Gasteiger partial charge in [0.1, 0.15) is 6.54 Å². The molecule has 128 valence electrons. The fourth-order valence-corrected chi connectivity index (χ4v) is 2.83. The van der Waals surface area contributed by atoms with E-state index in [2.05, 4.69) is 10.3 Å². The molecule has 0 bridgehead atoms. The first-order chi connectivity index (χ1) is 11.6. The number of aromatic nitrogens is 1. The number of urea groups is 1. The summed E-state index contributed by atoms with van der Waals surface area (Å²) in [5.74, 6) is -0.676. The Morgan fingerprint density at radius 2 is 2.29 bits per heavy atom. The van der Waals surface area contributed by atoms with Gasteiger partial charge in [0, 0.05) is 19.3 Å². The number of pyridine rings is 1. The van der Waals surface area contributed by atoms with E-state index in [1.807, 2.05) is 18.2 Å². The molecule has 1 aromatic rings. The number of ether oxygens (including phenoxy) is 1. The van der Waals surface area contributed by atoms with Gasteiger partial charge in [0.05, 0.1) is 24.9 Å². The van der Waals surface area contributed by atoms with Gasteiger partial charge in [0.15, 0.2) is 0 Å². The molecule has 1 atom stereocenters. The van der Waals surface area contributed by atoms with E-state index in [0.29, 0.717) is 19.7 Å². The summed E-state index contributed by atoms with van der Waals surface area (Å²) in [6.45, 7) is 1.13. The summed E-state index contributed by atoms with van der Waals surface area (Å²) in [6, 6.07) is 4.98. The molecule has 3 rings (SSSR count). The third kappa shape index (κ3) is 3.88. The highest BCUT2D eigenvalue weighted by Crippen LogP contribution is 2.15. The molecule has 0 saturated carbocycles.